The van der Waals surface area contributed by atoms with Crippen LogP contribution in [0.15, 0.2) is 18.3 Å². The molecule has 1 aliphatic rings. The van der Waals surface area contributed by atoms with Gasteiger partial charge in [-0.25, -0.2) is 4.39 Å². The number of nitrogens with one attached hydrogen (secondary N) is 1. The van der Waals surface area contributed by atoms with Crippen LogP contribution in [0, 0.1) is 11.7 Å². The highest BCUT2D eigenvalue weighted by molar-refractivity contribution is 5.09. The van der Waals surface area contributed by atoms with Crippen molar-refractivity contribution in [2.45, 2.75) is 25.8 Å². The van der Waals surface area contributed by atoms with E-state index in [2.05, 4.69) is 22.1 Å². The summed E-state index contributed by atoms with van der Waals surface area (Å²) in [5, 5.41) is 3.26. The van der Waals surface area contributed by atoms with E-state index in [4.69, 9.17) is 0 Å². The van der Waals surface area contributed by atoms with Crippen LogP contribution in [0.3, 0.4) is 0 Å². The monoisotopic (exact) mass is 251 g/mol. The van der Waals surface area contributed by atoms with Crippen LogP contribution in [-0.4, -0.2) is 36.6 Å². The van der Waals surface area contributed by atoms with Gasteiger partial charge in [-0.2, -0.15) is 0 Å². The highest BCUT2D eigenvalue weighted by Gasteiger charge is 2.20. The van der Waals surface area contributed by atoms with Crippen LogP contribution in [0.25, 0.3) is 0 Å². The van der Waals surface area contributed by atoms with Gasteiger partial charge in [-0.15, -0.1) is 0 Å². The molecule has 2 unspecified atom stereocenters. The molecule has 0 amide bonds. The molecule has 2 heterocycles. The van der Waals surface area contributed by atoms with Gasteiger partial charge in [0.25, 0.3) is 0 Å². The number of likely N-dealkylation sites (tertiary alicyclic amines) is 1. The zero-order chi connectivity index (χ0) is 13.0. The van der Waals surface area contributed by atoms with E-state index in [0.717, 1.165) is 24.6 Å². The van der Waals surface area contributed by atoms with Crippen LogP contribution in [-0.2, 0) is 0 Å². The number of hydrogen-bond donors (Lipinski definition) is 1. The molecule has 0 aliphatic carbocycles. The van der Waals surface area contributed by atoms with Gasteiger partial charge in [0.2, 0.25) is 0 Å². The zero-order valence-electron chi connectivity index (χ0n) is 11.2. The molecule has 1 N–H and O–H groups in total. The predicted molar refractivity (Wildman–Crippen MR) is 70.8 cm³/mol. The minimum Gasteiger partial charge on any atom is -0.312 e. The number of nitrogens with zero attached hydrogens (tertiary/aromatic N) is 2. The fourth-order valence-corrected chi connectivity index (χ4v) is 2.57. The van der Waals surface area contributed by atoms with Crippen molar-refractivity contribution in [3.63, 3.8) is 0 Å². The van der Waals surface area contributed by atoms with Crippen molar-refractivity contribution in [3.8, 4) is 0 Å². The summed E-state index contributed by atoms with van der Waals surface area (Å²) < 4.78 is 12.8. The van der Waals surface area contributed by atoms with Gasteiger partial charge in [-0.1, -0.05) is 6.92 Å². The molecule has 0 spiro atoms. The van der Waals surface area contributed by atoms with Crippen molar-refractivity contribution in [1.82, 2.24) is 15.2 Å². The maximum atomic E-state index is 12.8. The lowest BCUT2D eigenvalue weighted by Crippen LogP contribution is -2.27. The average Bonchev–Trinajstić information content (AvgIpc) is 2.78. The van der Waals surface area contributed by atoms with Crippen LogP contribution in [0.1, 0.15) is 31.5 Å². The van der Waals surface area contributed by atoms with Crippen molar-refractivity contribution in [2.24, 2.45) is 5.92 Å². The van der Waals surface area contributed by atoms with Crippen molar-refractivity contribution in [3.05, 3.63) is 29.8 Å². The maximum absolute atomic E-state index is 12.8. The number of rotatable bonds is 5. The minimum absolute atomic E-state index is 0.210. The topological polar surface area (TPSA) is 28.2 Å². The van der Waals surface area contributed by atoms with Gasteiger partial charge in [0.15, 0.2) is 0 Å². The molecule has 0 bridgehead atoms. The third-order valence-electron chi connectivity index (χ3n) is 3.70. The van der Waals surface area contributed by atoms with Gasteiger partial charge >= 0.3 is 0 Å². The van der Waals surface area contributed by atoms with Crippen LogP contribution < -0.4 is 5.32 Å². The normalized spacial score (nSPS) is 22.3. The molecule has 2 atom stereocenters. The van der Waals surface area contributed by atoms with E-state index in [9.17, 15) is 4.39 Å². The molecule has 1 fully saturated rings. The van der Waals surface area contributed by atoms with E-state index in [1.54, 1.807) is 6.07 Å². The third kappa shape index (κ3) is 3.50. The molecule has 100 valence electrons. The standard InChI is InChI=1S/C14H22FN3/c1-11-5-7-18(10-11)8-6-13(16-2)14-4-3-12(15)9-17-14/h3-4,9,11,13,16H,5-8,10H2,1-2H3. The Balaban J connectivity index is 1.87. The maximum Gasteiger partial charge on any atom is 0.141 e. The summed E-state index contributed by atoms with van der Waals surface area (Å²) in [6, 6.07) is 3.45. The minimum atomic E-state index is -0.276. The van der Waals surface area contributed by atoms with Gasteiger partial charge in [-0.3, -0.25) is 4.98 Å². The van der Waals surface area contributed by atoms with E-state index in [1.807, 2.05) is 7.05 Å². The predicted octanol–water partition coefficient (Wildman–Crippen LogP) is 2.21. The Morgan fingerprint density at radius 2 is 2.39 bits per heavy atom. The molecule has 0 radical (unpaired) electrons. The third-order valence-corrected chi connectivity index (χ3v) is 3.70. The van der Waals surface area contributed by atoms with E-state index in [-0.39, 0.29) is 11.9 Å². The molecular weight excluding hydrogens is 229 g/mol. The van der Waals surface area contributed by atoms with Crippen LogP contribution in [0.2, 0.25) is 0 Å². The van der Waals surface area contributed by atoms with E-state index in [1.165, 1.54) is 31.8 Å². The summed E-state index contributed by atoms with van der Waals surface area (Å²) in [6.07, 6.45) is 3.61. The fourth-order valence-electron chi connectivity index (χ4n) is 2.57. The van der Waals surface area contributed by atoms with E-state index in [0.29, 0.717) is 0 Å². The summed E-state index contributed by atoms with van der Waals surface area (Å²) in [5.74, 6) is 0.545. The number of pyridine rings is 1. The van der Waals surface area contributed by atoms with Crippen LogP contribution in [0.4, 0.5) is 4.39 Å². The lowest BCUT2D eigenvalue weighted by atomic mass is 10.1. The molecule has 1 aliphatic heterocycles. The summed E-state index contributed by atoms with van der Waals surface area (Å²) in [7, 11) is 1.93. The Hall–Kier alpha value is -1.00. The van der Waals surface area contributed by atoms with E-state index >= 15 is 0 Å². The quantitative estimate of drug-likeness (QED) is 0.869. The van der Waals surface area contributed by atoms with Gasteiger partial charge in [0.1, 0.15) is 5.82 Å². The van der Waals surface area contributed by atoms with Crippen molar-refractivity contribution < 1.29 is 4.39 Å². The fraction of sp³-hybridized carbons (Fsp3) is 0.643. The largest absolute Gasteiger partial charge is 0.312 e. The molecule has 1 aromatic heterocycles. The lowest BCUT2D eigenvalue weighted by molar-refractivity contribution is 0.304. The lowest BCUT2D eigenvalue weighted by Gasteiger charge is -2.20. The molecule has 1 aromatic rings. The Kier molecular flexibility index (Phi) is 4.66. The van der Waals surface area contributed by atoms with Crippen molar-refractivity contribution >= 4 is 0 Å². The van der Waals surface area contributed by atoms with Gasteiger partial charge in [-0.05, 0) is 44.5 Å². The number of halogens is 1. The molecule has 4 heteroatoms. The second kappa shape index (κ2) is 6.25. The first-order chi connectivity index (χ1) is 8.69. The van der Waals surface area contributed by atoms with Crippen molar-refractivity contribution in [2.75, 3.05) is 26.7 Å². The first kappa shape index (κ1) is 13.4. The molecule has 3 nitrogen and oxygen atoms in total. The highest BCUT2D eigenvalue weighted by Crippen LogP contribution is 2.19. The van der Waals surface area contributed by atoms with Crippen molar-refractivity contribution in [1.29, 1.82) is 0 Å². The van der Waals surface area contributed by atoms with Gasteiger partial charge in [0, 0.05) is 13.1 Å². The zero-order valence-corrected chi connectivity index (χ0v) is 11.2. The number of hydrogen-bond acceptors (Lipinski definition) is 3. The Morgan fingerprint density at radius 3 is 2.94 bits per heavy atom. The van der Waals surface area contributed by atoms with Crippen LogP contribution in [0.5, 0.6) is 0 Å². The average molecular weight is 251 g/mol. The first-order valence-electron chi connectivity index (χ1n) is 6.70. The second-order valence-electron chi connectivity index (χ2n) is 5.23. The summed E-state index contributed by atoms with van der Waals surface area (Å²) in [5.41, 5.74) is 0.922. The van der Waals surface area contributed by atoms with Gasteiger partial charge < -0.3 is 10.2 Å². The smallest absolute Gasteiger partial charge is 0.141 e. The SMILES string of the molecule is CNC(CCN1CCC(C)C1)c1ccc(F)cn1. The molecule has 0 saturated carbocycles. The Labute approximate surface area is 108 Å². The molecule has 2 rings (SSSR count). The molecular formula is C14H22FN3. The second-order valence-corrected chi connectivity index (χ2v) is 5.23. The highest BCUT2D eigenvalue weighted by atomic mass is 19.1. The van der Waals surface area contributed by atoms with Crippen LogP contribution >= 0.6 is 0 Å². The Morgan fingerprint density at radius 1 is 1.56 bits per heavy atom. The molecule has 18 heavy (non-hydrogen) atoms. The Bertz CT molecular complexity index is 366. The van der Waals surface area contributed by atoms with Gasteiger partial charge in [0.05, 0.1) is 17.9 Å². The summed E-state index contributed by atoms with van der Waals surface area (Å²) >= 11 is 0. The summed E-state index contributed by atoms with van der Waals surface area (Å²) in [6.45, 7) is 5.79. The first-order valence-corrected chi connectivity index (χ1v) is 6.70. The summed E-state index contributed by atoms with van der Waals surface area (Å²) in [4.78, 5) is 6.65. The number of aromatic nitrogens is 1. The van der Waals surface area contributed by atoms with E-state index < -0.39 is 0 Å². The molecule has 0 aromatic carbocycles. The molecule has 1 saturated heterocycles.